The number of pyridine rings is 1. The number of anilines is 2. The van der Waals surface area contributed by atoms with Gasteiger partial charge >= 0.3 is 5.69 Å². The van der Waals surface area contributed by atoms with Crippen molar-refractivity contribution in [2.24, 2.45) is 0 Å². The van der Waals surface area contributed by atoms with Gasteiger partial charge in [0.1, 0.15) is 11.3 Å². The summed E-state index contributed by atoms with van der Waals surface area (Å²) in [6.45, 7) is 0. The molecule has 1 aromatic carbocycles. The minimum Gasteiger partial charge on any atom is -0.378 e. The van der Waals surface area contributed by atoms with Crippen molar-refractivity contribution in [3.63, 3.8) is 0 Å². The smallest absolute Gasteiger partial charge is 0.352 e. The molecule has 3 heterocycles. The van der Waals surface area contributed by atoms with Crippen molar-refractivity contribution in [3.05, 3.63) is 69.8 Å². The third kappa shape index (κ3) is 2.84. The monoisotopic (exact) mass is 380 g/mol. The zero-order valence-corrected chi connectivity index (χ0v) is 14.3. The molecule has 0 radical (unpaired) electrons. The van der Waals surface area contributed by atoms with Gasteiger partial charge in [-0.05, 0) is 23.8 Å². The van der Waals surface area contributed by atoms with E-state index in [0.717, 1.165) is 0 Å². The summed E-state index contributed by atoms with van der Waals surface area (Å²) in [6.07, 6.45) is 1.77. The first kappa shape index (κ1) is 17.3. The molecule has 0 saturated carbocycles. The van der Waals surface area contributed by atoms with E-state index in [1.54, 1.807) is 36.5 Å². The summed E-state index contributed by atoms with van der Waals surface area (Å²) in [5.74, 6) is -1.16. The van der Waals surface area contributed by atoms with Gasteiger partial charge in [-0.2, -0.15) is 19.7 Å². The van der Waals surface area contributed by atoms with Crippen molar-refractivity contribution in [3.8, 4) is 5.95 Å². The fourth-order valence-corrected chi connectivity index (χ4v) is 2.87. The van der Waals surface area contributed by atoms with Gasteiger partial charge in [0.25, 0.3) is 5.95 Å². The van der Waals surface area contributed by atoms with Gasteiger partial charge in [-0.15, -0.1) is 0 Å². The van der Waals surface area contributed by atoms with Gasteiger partial charge in [0.05, 0.1) is 16.1 Å². The number of aromatic nitrogens is 5. The number of halogens is 1. The Kier molecular flexibility index (Phi) is 4.03. The van der Waals surface area contributed by atoms with Crippen LogP contribution in [0.5, 0.6) is 0 Å². The molecular formula is C17H13FN8O2. The summed E-state index contributed by atoms with van der Waals surface area (Å²) in [5.41, 5.74) is 12.8. The zero-order chi connectivity index (χ0) is 19.8. The van der Waals surface area contributed by atoms with E-state index in [4.69, 9.17) is 11.5 Å². The molecule has 11 heteroatoms. The number of nitrogens with two attached hydrogens (primary N) is 2. The molecule has 3 aromatic heterocycles. The molecule has 0 amide bonds. The highest BCUT2D eigenvalue weighted by Gasteiger charge is 2.23. The van der Waals surface area contributed by atoms with Crippen molar-refractivity contribution >= 4 is 28.4 Å². The molecule has 0 atom stereocenters. The molecule has 4 rings (SSSR count). The van der Waals surface area contributed by atoms with Crippen LogP contribution < -0.4 is 11.5 Å². The van der Waals surface area contributed by atoms with E-state index in [1.807, 2.05) is 0 Å². The van der Waals surface area contributed by atoms with E-state index in [9.17, 15) is 14.5 Å². The molecular weight excluding hydrogens is 367 g/mol. The first-order chi connectivity index (χ1) is 13.5. The number of hydrogen-bond acceptors (Lipinski definition) is 8. The molecule has 0 bridgehead atoms. The van der Waals surface area contributed by atoms with E-state index in [0.29, 0.717) is 22.3 Å². The molecule has 0 aliphatic carbocycles. The summed E-state index contributed by atoms with van der Waals surface area (Å²) in [7, 11) is 0. The van der Waals surface area contributed by atoms with Crippen molar-refractivity contribution in [1.82, 2.24) is 24.7 Å². The van der Waals surface area contributed by atoms with Gasteiger partial charge in [-0.1, -0.05) is 18.2 Å². The van der Waals surface area contributed by atoms with Crippen molar-refractivity contribution in [1.29, 1.82) is 0 Å². The van der Waals surface area contributed by atoms with Crippen LogP contribution >= 0.6 is 0 Å². The SMILES string of the molecule is Nc1nc(-n2nc(Cc3ccccc3F)c3ncccc32)nc(N)c1[N+](=O)[O-]. The highest BCUT2D eigenvalue weighted by molar-refractivity contribution is 5.79. The van der Waals surface area contributed by atoms with Gasteiger partial charge in [0, 0.05) is 12.6 Å². The quantitative estimate of drug-likeness (QED) is 0.403. The molecule has 4 aromatic rings. The maximum absolute atomic E-state index is 14.1. The van der Waals surface area contributed by atoms with Gasteiger partial charge < -0.3 is 11.5 Å². The van der Waals surface area contributed by atoms with Crippen molar-refractivity contribution < 1.29 is 9.31 Å². The molecule has 28 heavy (non-hydrogen) atoms. The number of fused-ring (bicyclic) bond motifs is 1. The highest BCUT2D eigenvalue weighted by Crippen LogP contribution is 2.28. The van der Waals surface area contributed by atoms with Crippen molar-refractivity contribution in [2.45, 2.75) is 6.42 Å². The summed E-state index contributed by atoms with van der Waals surface area (Å²) >= 11 is 0. The molecule has 0 aliphatic rings. The highest BCUT2D eigenvalue weighted by atomic mass is 19.1. The van der Waals surface area contributed by atoms with Crippen LogP contribution in [0, 0.1) is 15.9 Å². The number of nitrogen functional groups attached to an aromatic ring is 2. The van der Waals surface area contributed by atoms with Gasteiger partial charge in [0.15, 0.2) is 0 Å². The average Bonchev–Trinajstić information content (AvgIpc) is 3.01. The summed E-state index contributed by atoms with van der Waals surface area (Å²) in [6, 6.07) is 9.75. The van der Waals surface area contributed by atoms with Crippen LogP contribution in [0.3, 0.4) is 0 Å². The topological polar surface area (TPSA) is 152 Å². The third-order valence-corrected chi connectivity index (χ3v) is 4.12. The number of benzene rings is 1. The Morgan fingerprint density at radius 3 is 2.50 bits per heavy atom. The molecule has 10 nitrogen and oxygen atoms in total. The zero-order valence-electron chi connectivity index (χ0n) is 14.3. The Labute approximate surface area is 156 Å². The largest absolute Gasteiger partial charge is 0.378 e. The molecule has 0 saturated heterocycles. The molecule has 0 spiro atoms. The summed E-state index contributed by atoms with van der Waals surface area (Å²) in [5, 5.41) is 15.5. The molecule has 0 aliphatic heterocycles. The molecule has 0 fully saturated rings. The van der Waals surface area contributed by atoms with Gasteiger partial charge in [0.2, 0.25) is 11.6 Å². The van der Waals surface area contributed by atoms with Crippen LogP contribution in [0.2, 0.25) is 0 Å². The molecule has 4 N–H and O–H groups in total. The lowest BCUT2D eigenvalue weighted by atomic mass is 10.1. The summed E-state index contributed by atoms with van der Waals surface area (Å²) < 4.78 is 15.4. The van der Waals surface area contributed by atoms with Crippen LogP contribution in [-0.4, -0.2) is 29.7 Å². The van der Waals surface area contributed by atoms with E-state index >= 15 is 0 Å². The minimum absolute atomic E-state index is 0.0432. The van der Waals surface area contributed by atoms with E-state index in [-0.39, 0.29) is 29.8 Å². The van der Waals surface area contributed by atoms with E-state index < -0.39 is 10.6 Å². The number of nitro groups is 1. The fourth-order valence-electron chi connectivity index (χ4n) is 2.87. The lowest BCUT2D eigenvalue weighted by molar-refractivity contribution is -0.383. The standard InChI is InChI=1S/C17H13FN8O2/c18-10-5-2-1-4-9(10)8-11-13-12(6-3-7-21-13)25(24-11)17-22-15(19)14(26(27)28)16(20)23-17/h1-7H,8H2,(H4,19,20,22,23). The second-order valence-electron chi connectivity index (χ2n) is 5.90. The molecule has 0 unspecified atom stereocenters. The Hall–Kier alpha value is -4.15. The predicted octanol–water partition coefficient (Wildman–Crippen LogP) is 2.01. The Morgan fingerprint density at radius 2 is 1.82 bits per heavy atom. The lowest BCUT2D eigenvalue weighted by Gasteiger charge is -2.05. The third-order valence-electron chi connectivity index (χ3n) is 4.12. The van der Waals surface area contributed by atoms with Crippen LogP contribution in [0.25, 0.3) is 17.0 Å². The number of nitrogens with zero attached hydrogens (tertiary/aromatic N) is 6. The van der Waals surface area contributed by atoms with Crippen LogP contribution in [0.15, 0.2) is 42.6 Å². The lowest BCUT2D eigenvalue weighted by Crippen LogP contribution is -2.11. The second-order valence-corrected chi connectivity index (χ2v) is 5.90. The Balaban J connectivity index is 1.88. The second kappa shape index (κ2) is 6.54. The molecule has 140 valence electrons. The average molecular weight is 380 g/mol. The van der Waals surface area contributed by atoms with Crippen LogP contribution in [0.1, 0.15) is 11.3 Å². The van der Waals surface area contributed by atoms with Gasteiger partial charge in [-0.25, -0.2) is 4.39 Å². The Morgan fingerprint density at radius 1 is 1.11 bits per heavy atom. The first-order valence-corrected chi connectivity index (χ1v) is 8.09. The van der Waals surface area contributed by atoms with Crippen molar-refractivity contribution in [2.75, 3.05) is 11.5 Å². The number of rotatable bonds is 4. The fraction of sp³-hybridized carbons (Fsp3) is 0.0588. The maximum atomic E-state index is 14.1. The van der Waals surface area contributed by atoms with Crippen LogP contribution in [0.4, 0.5) is 21.7 Å². The van der Waals surface area contributed by atoms with Gasteiger partial charge in [-0.3, -0.25) is 15.1 Å². The number of hydrogen-bond donors (Lipinski definition) is 2. The summed E-state index contributed by atoms with van der Waals surface area (Å²) in [4.78, 5) is 22.5. The van der Waals surface area contributed by atoms with E-state index in [2.05, 4.69) is 20.1 Å². The van der Waals surface area contributed by atoms with E-state index in [1.165, 1.54) is 10.7 Å². The normalized spacial score (nSPS) is 11.0. The predicted molar refractivity (Wildman–Crippen MR) is 99.1 cm³/mol. The minimum atomic E-state index is -0.749. The first-order valence-electron chi connectivity index (χ1n) is 8.09. The Bertz CT molecular complexity index is 1200. The van der Waals surface area contributed by atoms with Crippen LogP contribution in [-0.2, 0) is 6.42 Å². The maximum Gasteiger partial charge on any atom is 0.352 e.